The molecule has 2 N–H and O–H groups in total. The summed E-state index contributed by atoms with van der Waals surface area (Å²) in [6, 6.07) is 2.61. The highest BCUT2D eigenvalue weighted by Gasteiger charge is 2.27. The Hall–Kier alpha value is -1.82. The van der Waals surface area contributed by atoms with Gasteiger partial charge in [0, 0.05) is 16.7 Å². The van der Waals surface area contributed by atoms with Gasteiger partial charge in [-0.1, -0.05) is 0 Å². The maximum Gasteiger partial charge on any atom is 0.142 e. The third kappa shape index (κ3) is 1.67. The third-order valence-corrected chi connectivity index (χ3v) is 4.19. The van der Waals surface area contributed by atoms with Crippen molar-refractivity contribution in [2.45, 2.75) is 25.8 Å². The van der Waals surface area contributed by atoms with Gasteiger partial charge in [-0.05, 0) is 47.3 Å². The number of nitrogens with two attached hydrogens (primary N) is 1. The highest BCUT2D eigenvalue weighted by atomic mass is 79.9. The van der Waals surface area contributed by atoms with Gasteiger partial charge in [0.25, 0.3) is 0 Å². The summed E-state index contributed by atoms with van der Waals surface area (Å²) in [7, 11) is 0. The molecule has 3 aromatic heterocycles. The maximum absolute atomic E-state index is 6.30. The fraction of sp³-hybridized carbons (Fsp3) is 0.286. The van der Waals surface area contributed by atoms with E-state index < -0.39 is 0 Å². The van der Waals surface area contributed by atoms with Crippen molar-refractivity contribution in [2.75, 3.05) is 5.73 Å². The molecule has 3 heterocycles. The second-order valence-corrected chi connectivity index (χ2v) is 6.21. The molecule has 6 heteroatoms. The summed E-state index contributed by atoms with van der Waals surface area (Å²) >= 11 is 3.50. The number of halogens is 1. The van der Waals surface area contributed by atoms with Gasteiger partial charge in [-0.2, -0.15) is 0 Å². The average Bonchev–Trinajstić information content (AvgIpc) is 3.05. The number of rotatable bonds is 2. The number of hydrogen-bond acceptors (Lipinski definition) is 3. The summed E-state index contributed by atoms with van der Waals surface area (Å²) in [5.41, 5.74) is 10.1. The number of aryl methyl sites for hydroxylation is 1. The summed E-state index contributed by atoms with van der Waals surface area (Å²) < 4.78 is 5.11. The van der Waals surface area contributed by atoms with Crippen LogP contribution in [-0.4, -0.2) is 18.9 Å². The molecule has 0 amide bonds. The SMILES string of the molecule is Cc1cc(Br)cn2c(N)c(-c3cncn3C3CC3)nc12. The monoisotopic (exact) mass is 331 g/mol. The van der Waals surface area contributed by atoms with Gasteiger partial charge >= 0.3 is 0 Å². The summed E-state index contributed by atoms with van der Waals surface area (Å²) in [6.07, 6.45) is 8.09. The van der Waals surface area contributed by atoms with Crippen LogP contribution in [0.4, 0.5) is 5.82 Å². The molecule has 0 atom stereocenters. The number of aromatic nitrogens is 4. The fourth-order valence-corrected chi connectivity index (χ4v) is 3.15. The van der Waals surface area contributed by atoms with Crippen LogP contribution >= 0.6 is 15.9 Å². The lowest BCUT2D eigenvalue weighted by molar-refractivity contribution is 0.746. The van der Waals surface area contributed by atoms with Crippen molar-refractivity contribution in [3.8, 4) is 11.4 Å². The van der Waals surface area contributed by atoms with Gasteiger partial charge in [0.1, 0.15) is 17.2 Å². The average molecular weight is 332 g/mol. The van der Waals surface area contributed by atoms with Gasteiger partial charge < -0.3 is 10.3 Å². The first-order chi connectivity index (χ1) is 9.65. The first-order valence-electron chi connectivity index (χ1n) is 6.61. The van der Waals surface area contributed by atoms with E-state index in [4.69, 9.17) is 10.7 Å². The van der Waals surface area contributed by atoms with E-state index in [0.29, 0.717) is 11.9 Å². The molecule has 4 rings (SSSR count). The van der Waals surface area contributed by atoms with Crippen LogP contribution in [0.25, 0.3) is 17.0 Å². The Labute approximate surface area is 124 Å². The lowest BCUT2D eigenvalue weighted by Crippen LogP contribution is -1.98. The molecule has 1 aliphatic carbocycles. The van der Waals surface area contributed by atoms with Crippen LogP contribution in [-0.2, 0) is 0 Å². The van der Waals surface area contributed by atoms with Crippen LogP contribution in [0.15, 0.2) is 29.3 Å². The van der Waals surface area contributed by atoms with Crippen molar-refractivity contribution in [3.63, 3.8) is 0 Å². The van der Waals surface area contributed by atoms with Crippen LogP contribution in [0.3, 0.4) is 0 Å². The molecule has 20 heavy (non-hydrogen) atoms. The number of hydrogen-bond donors (Lipinski definition) is 1. The normalized spacial score (nSPS) is 15.1. The first kappa shape index (κ1) is 12.0. The van der Waals surface area contributed by atoms with Crippen LogP contribution < -0.4 is 5.73 Å². The molecule has 1 aliphatic rings. The standard InChI is InChI=1S/C14H14BrN5/c1-8-4-9(15)6-19-13(16)12(18-14(8)19)11-5-17-7-20(11)10-2-3-10/h4-7,10H,2-3,16H2,1H3. The van der Waals surface area contributed by atoms with Gasteiger partial charge in [-0.25, -0.2) is 9.97 Å². The molecule has 102 valence electrons. The van der Waals surface area contributed by atoms with Crippen LogP contribution in [0.1, 0.15) is 24.4 Å². The van der Waals surface area contributed by atoms with Crippen molar-refractivity contribution in [1.29, 1.82) is 0 Å². The Balaban J connectivity index is 1.98. The molecule has 3 aromatic rings. The summed E-state index contributed by atoms with van der Waals surface area (Å²) in [5.74, 6) is 0.659. The number of nitrogen functional groups attached to an aromatic ring is 1. The molecule has 1 fully saturated rings. The number of nitrogens with zero attached hydrogens (tertiary/aromatic N) is 4. The second-order valence-electron chi connectivity index (χ2n) is 5.30. The van der Waals surface area contributed by atoms with E-state index in [1.54, 1.807) is 0 Å². The first-order valence-corrected chi connectivity index (χ1v) is 7.40. The number of anilines is 1. The molecule has 0 saturated heterocycles. The van der Waals surface area contributed by atoms with E-state index in [1.807, 2.05) is 36.1 Å². The quantitative estimate of drug-likeness (QED) is 0.784. The summed E-state index contributed by atoms with van der Waals surface area (Å²) in [4.78, 5) is 8.98. The van der Waals surface area contributed by atoms with Crippen LogP contribution in [0.5, 0.6) is 0 Å². The van der Waals surface area contributed by atoms with E-state index in [1.165, 1.54) is 12.8 Å². The second kappa shape index (κ2) is 4.09. The Bertz CT molecular complexity index is 812. The van der Waals surface area contributed by atoms with Gasteiger partial charge in [-0.15, -0.1) is 0 Å². The minimum atomic E-state index is 0.560. The summed E-state index contributed by atoms with van der Waals surface area (Å²) in [5, 5.41) is 0. The smallest absolute Gasteiger partial charge is 0.142 e. The van der Waals surface area contributed by atoms with Crippen LogP contribution in [0.2, 0.25) is 0 Å². The van der Waals surface area contributed by atoms with Gasteiger partial charge in [-0.3, -0.25) is 4.40 Å². The number of imidazole rings is 2. The molecular formula is C14H14BrN5. The molecular weight excluding hydrogens is 318 g/mol. The molecule has 0 radical (unpaired) electrons. The predicted octanol–water partition coefficient (Wildman–Crippen LogP) is 3.19. The zero-order valence-corrected chi connectivity index (χ0v) is 12.6. The molecule has 0 aliphatic heterocycles. The zero-order chi connectivity index (χ0) is 13.9. The Kier molecular flexibility index (Phi) is 2.44. The number of pyridine rings is 1. The lowest BCUT2D eigenvalue weighted by atomic mass is 10.3. The lowest BCUT2D eigenvalue weighted by Gasteiger charge is -2.04. The van der Waals surface area contributed by atoms with Crippen molar-refractivity contribution in [1.82, 2.24) is 18.9 Å². The van der Waals surface area contributed by atoms with Gasteiger partial charge in [0.2, 0.25) is 0 Å². The molecule has 0 spiro atoms. The van der Waals surface area contributed by atoms with Crippen molar-refractivity contribution in [2.24, 2.45) is 0 Å². The Morgan fingerprint density at radius 1 is 1.40 bits per heavy atom. The molecule has 5 nitrogen and oxygen atoms in total. The predicted molar refractivity (Wildman–Crippen MR) is 81.5 cm³/mol. The Morgan fingerprint density at radius 3 is 2.95 bits per heavy atom. The molecule has 0 aromatic carbocycles. The van der Waals surface area contributed by atoms with E-state index in [9.17, 15) is 0 Å². The van der Waals surface area contributed by atoms with E-state index in [2.05, 4.69) is 25.5 Å². The topological polar surface area (TPSA) is 61.1 Å². The molecule has 1 saturated carbocycles. The largest absolute Gasteiger partial charge is 0.383 e. The minimum absolute atomic E-state index is 0.560. The zero-order valence-electron chi connectivity index (χ0n) is 11.0. The minimum Gasteiger partial charge on any atom is -0.383 e. The highest BCUT2D eigenvalue weighted by molar-refractivity contribution is 9.10. The molecule has 0 bridgehead atoms. The molecule has 0 unspecified atom stereocenters. The van der Waals surface area contributed by atoms with E-state index in [0.717, 1.165) is 27.1 Å². The van der Waals surface area contributed by atoms with Crippen molar-refractivity contribution >= 4 is 27.4 Å². The maximum atomic E-state index is 6.30. The highest BCUT2D eigenvalue weighted by Crippen LogP contribution is 2.39. The van der Waals surface area contributed by atoms with Crippen LogP contribution in [0, 0.1) is 6.92 Å². The van der Waals surface area contributed by atoms with Gasteiger partial charge in [0.05, 0.1) is 18.2 Å². The van der Waals surface area contributed by atoms with Crippen molar-refractivity contribution < 1.29 is 0 Å². The van der Waals surface area contributed by atoms with Gasteiger partial charge in [0.15, 0.2) is 0 Å². The van der Waals surface area contributed by atoms with E-state index in [-0.39, 0.29) is 0 Å². The third-order valence-electron chi connectivity index (χ3n) is 3.76. The number of fused-ring (bicyclic) bond motifs is 1. The summed E-state index contributed by atoms with van der Waals surface area (Å²) in [6.45, 7) is 2.04. The van der Waals surface area contributed by atoms with E-state index >= 15 is 0 Å². The fourth-order valence-electron chi connectivity index (χ4n) is 2.61. The Morgan fingerprint density at radius 2 is 2.20 bits per heavy atom. The van der Waals surface area contributed by atoms with Crippen molar-refractivity contribution in [3.05, 3.63) is 34.8 Å².